The predicted octanol–water partition coefficient (Wildman–Crippen LogP) is 6.08. The Balaban J connectivity index is 2.28. The van der Waals surface area contributed by atoms with Crippen molar-refractivity contribution in [1.82, 2.24) is 0 Å². The highest BCUT2D eigenvalue weighted by atomic mass is 35.5. The smallest absolute Gasteiger partial charge is 0.0665 e. The first-order valence-electron chi connectivity index (χ1n) is 5.73. The summed E-state index contributed by atoms with van der Waals surface area (Å²) in [6.07, 6.45) is 0. The van der Waals surface area contributed by atoms with Gasteiger partial charge in [0.1, 0.15) is 0 Å². The average Bonchev–Trinajstić information content (AvgIpc) is 2.38. The summed E-state index contributed by atoms with van der Waals surface area (Å²) in [5.41, 5.74) is 2.11. The third-order valence-electron chi connectivity index (χ3n) is 3.02. The average molecular weight is 300 g/mol. The van der Waals surface area contributed by atoms with Gasteiger partial charge in [0, 0.05) is 16.0 Å². The zero-order valence-corrected chi connectivity index (χ0v) is 12.2. The molecule has 0 saturated carbocycles. The minimum absolute atomic E-state index is 0.169. The zero-order chi connectivity index (χ0) is 13.1. The predicted molar refractivity (Wildman–Crippen MR) is 79.9 cm³/mol. The normalized spacial score (nSPS) is 14.2. The molecule has 2 rings (SSSR count). The van der Waals surface area contributed by atoms with Crippen molar-refractivity contribution in [1.29, 1.82) is 0 Å². The van der Waals surface area contributed by atoms with Crippen LogP contribution in [0.2, 0.25) is 10.0 Å². The first-order valence-corrected chi connectivity index (χ1v) is 6.93. The van der Waals surface area contributed by atoms with E-state index in [1.54, 1.807) is 6.07 Å². The van der Waals surface area contributed by atoms with Gasteiger partial charge in [0.15, 0.2) is 0 Å². The second kappa shape index (κ2) is 5.97. The van der Waals surface area contributed by atoms with Crippen molar-refractivity contribution in [3.63, 3.8) is 0 Å². The molecular formula is C15H13Cl3. The monoisotopic (exact) mass is 298 g/mol. The van der Waals surface area contributed by atoms with Gasteiger partial charge in [0.25, 0.3) is 0 Å². The van der Waals surface area contributed by atoms with Crippen LogP contribution in [0.15, 0.2) is 48.5 Å². The van der Waals surface area contributed by atoms with Crippen molar-refractivity contribution >= 4 is 34.8 Å². The van der Waals surface area contributed by atoms with Crippen molar-refractivity contribution in [3.05, 3.63) is 69.7 Å². The molecule has 0 radical (unpaired) electrons. The van der Waals surface area contributed by atoms with Crippen LogP contribution in [0.4, 0.5) is 0 Å². The summed E-state index contributed by atoms with van der Waals surface area (Å²) < 4.78 is 0. The Kier molecular flexibility index (Phi) is 4.55. The van der Waals surface area contributed by atoms with Crippen LogP contribution < -0.4 is 0 Å². The maximum absolute atomic E-state index is 6.52. The number of rotatable bonds is 3. The van der Waals surface area contributed by atoms with Crippen LogP contribution in [0.3, 0.4) is 0 Å². The van der Waals surface area contributed by atoms with Gasteiger partial charge >= 0.3 is 0 Å². The zero-order valence-electron chi connectivity index (χ0n) is 9.91. The Morgan fingerprint density at radius 2 is 1.61 bits per heavy atom. The van der Waals surface area contributed by atoms with Gasteiger partial charge in [-0.05, 0) is 23.3 Å². The number of alkyl halides is 1. The molecule has 0 heterocycles. The summed E-state index contributed by atoms with van der Waals surface area (Å²) in [5.74, 6) is 0.187. The van der Waals surface area contributed by atoms with E-state index in [0.29, 0.717) is 10.0 Å². The van der Waals surface area contributed by atoms with Crippen LogP contribution in [0.25, 0.3) is 0 Å². The molecule has 0 saturated heterocycles. The molecule has 2 aromatic carbocycles. The molecule has 0 aromatic heterocycles. The fourth-order valence-electron chi connectivity index (χ4n) is 1.92. The molecular weight excluding hydrogens is 287 g/mol. The second-order valence-electron chi connectivity index (χ2n) is 4.27. The van der Waals surface area contributed by atoms with Crippen LogP contribution >= 0.6 is 34.8 Å². The minimum Gasteiger partial charge on any atom is -0.117 e. The van der Waals surface area contributed by atoms with Gasteiger partial charge in [-0.15, -0.1) is 11.6 Å². The quantitative estimate of drug-likeness (QED) is 0.603. The lowest BCUT2D eigenvalue weighted by atomic mass is 9.93. The molecule has 2 atom stereocenters. The van der Waals surface area contributed by atoms with E-state index in [0.717, 1.165) is 5.56 Å². The molecule has 0 aliphatic carbocycles. The highest BCUT2D eigenvalue weighted by Crippen LogP contribution is 2.39. The van der Waals surface area contributed by atoms with E-state index in [4.69, 9.17) is 34.8 Å². The first-order chi connectivity index (χ1) is 8.59. The summed E-state index contributed by atoms with van der Waals surface area (Å²) in [7, 11) is 0. The molecule has 0 amide bonds. The molecule has 2 aromatic rings. The summed E-state index contributed by atoms with van der Waals surface area (Å²) in [4.78, 5) is 0. The van der Waals surface area contributed by atoms with Crippen molar-refractivity contribution in [3.8, 4) is 0 Å². The lowest BCUT2D eigenvalue weighted by molar-refractivity contribution is 0.732. The van der Waals surface area contributed by atoms with Crippen LogP contribution in [-0.2, 0) is 0 Å². The summed E-state index contributed by atoms with van der Waals surface area (Å²) in [6.45, 7) is 2.10. The molecule has 0 aliphatic heterocycles. The van der Waals surface area contributed by atoms with Crippen molar-refractivity contribution in [2.75, 3.05) is 0 Å². The molecule has 94 valence electrons. The highest BCUT2D eigenvalue weighted by Gasteiger charge is 2.20. The van der Waals surface area contributed by atoms with Gasteiger partial charge in [-0.1, -0.05) is 66.5 Å². The van der Waals surface area contributed by atoms with E-state index in [9.17, 15) is 0 Å². The fourth-order valence-corrected chi connectivity index (χ4v) is 2.84. The standard InChI is InChI=1S/C15H13Cl3/c1-10(11-5-3-2-4-6-11)15(18)13-8-7-12(16)9-14(13)17/h2-10,15H,1H3. The molecule has 2 unspecified atom stereocenters. The molecule has 0 aliphatic rings. The SMILES string of the molecule is CC(c1ccccc1)C(Cl)c1ccc(Cl)cc1Cl. The lowest BCUT2D eigenvalue weighted by Gasteiger charge is -2.20. The molecule has 0 bridgehead atoms. The maximum atomic E-state index is 6.52. The van der Waals surface area contributed by atoms with E-state index in [-0.39, 0.29) is 11.3 Å². The first kappa shape index (κ1) is 13.7. The number of hydrogen-bond donors (Lipinski definition) is 0. The van der Waals surface area contributed by atoms with E-state index >= 15 is 0 Å². The number of benzene rings is 2. The molecule has 0 nitrogen and oxygen atoms in total. The van der Waals surface area contributed by atoms with Crippen LogP contribution in [0.5, 0.6) is 0 Å². The Hall–Kier alpha value is -0.690. The van der Waals surface area contributed by atoms with Crippen LogP contribution in [-0.4, -0.2) is 0 Å². The molecule has 0 N–H and O–H groups in total. The van der Waals surface area contributed by atoms with Gasteiger partial charge in [0.05, 0.1) is 5.38 Å². The van der Waals surface area contributed by atoms with Crippen molar-refractivity contribution in [2.45, 2.75) is 18.2 Å². The van der Waals surface area contributed by atoms with Gasteiger partial charge in [-0.3, -0.25) is 0 Å². The van der Waals surface area contributed by atoms with Gasteiger partial charge in [-0.25, -0.2) is 0 Å². The lowest BCUT2D eigenvalue weighted by Crippen LogP contribution is -2.03. The highest BCUT2D eigenvalue weighted by molar-refractivity contribution is 6.35. The van der Waals surface area contributed by atoms with Gasteiger partial charge in [0.2, 0.25) is 0 Å². The number of hydrogen-bond acceptors (Lipinski definition) is 0. The van der Waals surface area contributed by atoms with Crippen LogP contribution in [0, 0.1) is 0 Å². The summed E-state index contributed by atoms with van der Waals surface area (Å²) >= 11 is 18.6. The number of halogens is 3. The van der Waals surface area contributed by atoms with Gasteiger partial charge in [-0.2, -0.15) is 0 Å². The fraction of sp³-hybridized carbons (Fsp3) is 0.200. The molecule has 18 heavy (non-hydrogen) atoms. The Morgan fingerprint density at radius 1 is 0.944 bits per heavy atom. The second-order valence-corrected chi connectivity index (χ2v) is 5.58. The Labute approximate surface area is 122 Å². The summed E-state index contributed by atoms with van der Waals surface area (Å²) in [5, 5.41) is 1.07. The van der Waals surface area contributed by atoms with E-state index in [1.807, 2.05) is 30.3 Å². The Morgan fingerprint density at radius 3 is 2.22 bits per heavy atom. The minimum atomic E-state index is -0.169. The van der Waals surface area contributed by atoms with Gasteiger partial charge < -0.3 is 0 Å². The molecule has 0 spiro atoms. The van der Waals surface area contributed by atoms with E-state index < -0.39 is 0 Å². The largest absolute Gasteiger partial charge is 0.117 e. The molecule has 3 heteroatoms. The topological polar surface area (TPSA) is 0 Å². The summed E-state index contributed by atoms with van der Waals surface area (Å²) in [6, 6.07) is 15.6. The van der Waals surface area contributed by atoms with E-state index in [1.165, 1.54) is 5.56 Å². The van der Waals surface area contributed by atoms with E-state index in [2.05, 4.69) is 19.1 Å². The Bertz CT molecular complexity index is 523. The third-order valence-corrected chi connectivity index (χ3v) is 4.20. The van der Waals surface area contributed by atoms with Crippen molar-refractivity contribution in [2.24, 2.45) is 0 Å². The van der Waals surface area contributed by atoms with Crippen molar-refractivity contribution < 1.29 is 0 Å². The maximum Gasteiger partial charge on any atom is 0.0665 e. The van der Waals surface area contributed by atoms with Crippen LogP contribution in [0.1, 0.15) is 29.3 Å². The third kappa shape index (κ3) is 3.00. The molecule has 0 fully saturated rings.